The maximum atomic E-state index is 14.9. The van der Waals surface area contributed by atoms with Gasteiger partial charge < -0.3 is 10.2 Å². The Balaban J connectivity index is 2.09. The zero-order chi connectivity index (χ0) is 30.0. The lowest BCUT2D eigenvalue weighted by atomic mass is 10.0. The van der Waals surface area contributed by atoms with Crippen molar-refractivity contribution in [2.24, 2.45) is 0 Å². The lowest BCUT2D eigenvalue weighted by molar-refractivity contribution is -0.140. The molecule has 0 aliphatic heterocycles. The van der Waals surface area contributed by atoms with Crippen LogP contribution in [0.3, 0.4) is 0 Å². The molecule has 41 heavy (non-hydrogen) atoms. The first-order chi connectivity index (χ1) is 19.6. The number of nitrogens with one attached hydrogen (secondary N) is 1. The lowest BCUT2D eigenvalue weighted by Gasteiger charge is -2.34. The van der Waals surface area contributed by atoms with Gasteiger partial charge in [0.25, 0.3) is 0 Å². The third-order valence-electron chi connectivity index (χ3n) is 6.84. The van der Waals surface area contributed by atoms with E-state index in [1.54, 1.807) is 0 Å². The minimum atomic E-state index is -4.27. The monoisotopic (exact) mass is 582 g/mol. The van der Waals surface area contributed by atoms with Gasteiger partial charge in [0.1, 0.15) is 18.4 Å². The minimum absolute atomic E-state index is 0.0668. The largest absolute Gasteiger partial charge is 0.354 e. The first kappa shape index (κ1) is 31.8. The Morgan fingerprint density at radius 2 is 1.56 bits per heavy atom. The van der Waals surface area contributed by atoms with Crippen LogP contribution >= 0.6 is 0 Å². The number of hydrogen-bond acceptors (Lipinski definition) is 4. The van der Waals surface area contributed by atoms with E-state index in [-0.39, 0.29) is 24.6 Å². The second kappa shape index (κ2) is 14.7. The third-order valence-corrected chi connectivity index (χ3v) is 8.65. The quantitative estimate of drug-likeness (QED) is 0.287. The average molecular weight is 583 g/mol. The second-order valence-corrected chi connectivity index (χ2v) is 12.1. The molecule has 0 fully saturated rings. The van der Waals surface area contributed by atoms with Crippen LogP contribution in [0.5, 0.6) is 0 Å². The minimum Gasteiger partial charge on any atom is -0.354 e. The molecule has 0 aromatic heterocycles. The number of carbonyl (C=O) groups excluding carboxylic acids is 2. The molecule has 0 saturated carbocycles. The zero-order valence-electron chi connectivity index (χ0n) is 24.1. The zero-order valence-corrected chi connectivity index (χ0v) is 24.9. The summed E-state index contributed by atoms with van der Waals surface area (Å²) in [6, 6.07) is 21.3. The van der Waals surface area contributed by atoms with Crippen molar-refractivity contribution in [1.82, 2.24) is 14.5 Å². The molecule has 0 heterocycles. The normalized spacial score (nSPS) is 12.1. The summed E-state index contributed by atoms with van der Waals surface area (Å²) in [6.07, 6.45) is 1.88. The third kappa shape index (κ3) is 8.37. The van der Waals surface area contributed by atoms with Gasteiger partial charge in [0, 0.05) is 33.6 Å². The molecule has 0 aliphatic rings. The van der Waals surface area contributed by atoms with Crippen LogP contribution in [0.2, 0.25) is 0 Å². The van der Waals surface area contributed by atoms with Crippen molar-refractivity contribution < 1.29 is 22.4 Å². The molecule has 0 radical (unpaired) electrons. The fourth-order valence-corrected chi connectivity index (χ4v) is 5.45. The molecule has 3 rings (SSSR count). The highest BCUT2D eigenvalue weighted by Crippen LogP contribution is 2.24. The number of anilines is 1. The Morgan fingerprint density at radius 1 is 0.927 bits per heavy atom. The van der Waals surface area contributed by atoms with Crippen molar-refractivity contribution >= 4 is 27.7 Å². The van der Waals surface area contributed by atoms with Gasteiger partial charge in [0.15, 0.2) is 0 Å². The number of carbonyl (C=O) groups is 2. The summed E-state index contributed by atoms with van der Waals surface area (Å²) in [4.78, 5) is 29.3. The summed E-state index contributed by atoms with van der Waals surface area (Å²) in [5.41, 5.74) is 2.32. The van der Waals surface area contributed by atoms with Gasteiger partial charge in [-0.2, -0.15) is 12.7 Å². The smallest absolute Gasteiger partial charge is 0.304 e. The Labute approximate surface area is 243 Å². The summed E-state index contributed by atoms with van der Waals surface area (Å²) in [5.74, 6) is -1.75. The SMILES string of the molecule is CCCCNC(=O)[C@@H](Cc1ccccc1)N(Cc1ccccc1C)C(=O)CN(c1ccccc1F)S(=O)(=O)N(C)C. The van der Waals surface area contributed by atoms with E-state index in [4.69, 9.17) is 0 Å². The first-order valence-corrected chi connectivity index (χ1v) is 15.1. The van der Waals surface area contributed by atoms with Crippen LogP contribution in [0.25, 0.3) is 0 Å². The molecule has 0 spiro atoms. The van der Waals surface area contributed by atoms with Gasteiger partial charge in [-0.15, -0.1) is 0 Å². The fourth-order valence-electron chi connectivity index (χ4n) is 4.39. The maximum Gasteiger partial charge on any atom is 0.304 e. The average Bonchev–Trinajstić information content (AvgIpc) is 2.95. The van der Waals surface area contributed by atoms with Crippen molar-refractivity contribution in [2.75, 3.05) is 31.5 Å². The van der Waals surface area contributed by atoms with Gasteiger partial charge in [-0.3, -0.25) is 9.59 Å². The highest BCUT2D eigenvalue weighted by molar-refractivity contribution is 7.90. The number of unbranched alkanes of at least 4 members (excludes halogenated alkanes) is 1. The molecule has 8 nitrogen and oxygen atoms in total. The van der Waals surface area contributed by atoms with E-state index in [1.807, 2.05) is 68.4 Å². The van der Waals surface area contributed by atoms with Gasteiger partial charge in [-0.25, -0.2) is 8.70 Å². The molecule has 2 amide bonds. The lowest BCUT2D eigenvalue weighted by Crippen LogP contribution is -2.54. The summed E-state index contributed by atoms with van der Waals surface area (Å²) in [6.45, 7) is 3.75. The number of rotatable bonds is 14. The van der Waals surface area contributed by atoms with Crippen LogP contribution < -0.4 is 9.62 Å². The predicted molar refractivity (Wildman–Crippen MR) is 160 cm³/mol. The first-order valence-electron chi connectivity index (χ1n) is 13.7. The Kier molecular flexibility index (Phi) is 11.4. The predicted octanol–water partition coefficient (Wildman–Crippen LogP) is 4.30. The molecule has 0 saturated heterocycles. The molecule has 3 aromatic carbocycles. The van der Waals surface area contributed by atoms with Crippen molar-refractivity contribution in [2.45, 2.75) is 45.7 Å². The van der Waals surface area contributed by atoms with E-state index in [0.717, 1.165) is 44.2 Å². The highest BCUT2D eigenvalue weighted by Gasteiger charge is 2.35. The molecule has 0 bridgehead atoms. The molecule has 1 atom stereocenters. The number of amides is 2. The van der Waals surface area contributed by atoms with Crippen LogP contribution in [0, 0.1) is 12.7 Å². The van der Waals surface area contributed by atoms with Crippen LogP contribution in [0.1, 0.15) is 36.5 Å². The van der Waals surface area contributed by atoms with Crippen LogP contribution in [-0.2, 0) is 32.8 Å². The van der Waals surface area contributed by atoms with Crippen LogP contribution in [0.4, 0.5) is 10.1 Å². The molecule has 0 unspecified atom stereocenters. The number of para-hydroxylation sites is 1. The topological polar surface area (TPSA) is 90.0 Å². The van der Waals surface area contributed by atoms with E-state index in [1.165, 1.54) is 37.2 Å². The maximum absolute atomic E-state index is 14.9. The molecule has 220 valence electrons. The summed E-state index contributed by atoms with van der Waals surface area (Å²) < 4.78 is 43.3. The number of benzene rings is 3. The molecule has 10 heteroatoms. The van der Waals surface area contributed by atoms with Gasteiger partial charge >= 0.3 is 10.2 Å². The number of halogens is 1. The summed E-state index contributed by atoms with van der Waals surface area (Å²) in [5, 5.41) is 2.95. The summed E-state index contributed by atoms with van der Waals surface area (Å²) in [7, 11) is -1.63. The number of hydrogen-bond donors (Lipinski definition) is 1. The van der Waals surface area contributed by atoms with E-state index in [9.17, 15) is 22.4 Å². The van der Waals surface area contributed by atoms with Crippen LogP contribution in [0.15, 0.2) is 78.9 Å². The van der Waals surface area contributed by atoms with Gasteiger partial charge in [-0.05, 0) is 42.2 Å². The standard InChI is InChI=1S/C31H39FN4O4S/c1-5-6-20-33-31(38)29(21-25-15-8-7-9-16-25)35(22-26-17-11-10-14-24(26)2)30(37)23-36(41(39,40)34(3)4)28-19-13-12-18-27(28)32/h7-19,29H,5-6,20-23H2,1-4H3,(H,33,38)/t29-/m1/s1. The second-order valence-electron chi connectivity index (χ2n) is 10.0. The number of nitrogens with zero attached hydrogens (tertiary/aromatic N) is 3. The van der Waals surface area contributed by atoms with Crippen molar-refractivity contribution in [3.8, 4) is 0 Å². The Morgan fingerprint density at radius 3 is 2.20 bits per heavy atom. The molecular weight excluding hydrogens is 543 g/mol. The van der Waals surface area contributed by atoms with Gasteiger partial charge in [0.2, 0.25) is 11.8 Å². The van der Waals surface area contributed by atoms with E-state index < -0.39 is 34.5 Å². The summed E-state index contributed by atoms with van der Waals surface area (Å²) >= 11 is 0. The molecule has 0 aliphatic carbocycles. The van der Waals surface area contributed by atoms with Crippen molar-refractivity contribution in [3.05, 3.63) is 101 Å². The van der Waals surface area contributed by atoms with E-state index >= 15 is 0 Å². The molecule has 3 aromatic rings. The van der Waals surface area contributed by atoms with Crippen LogP contribution in [-0.4, -0.2) is 62.7 Å². The Bertz CT molecular complexity index is 1420. The molecular formula is C31H39FN4O4S. The van der Waals surface area contributed by atoms with Gasteiger partial charge in [0.05, 0.1) is 5.69 Å². The van der Waals surface area contributed by atoms with Gasteiger partial charge in [-0.1, -0.05) is 80.1 Å². The van der Waals surface area contributed by atoms with Crippen molar-refractivity contribution in [3.63, 3.8) is 0 Å². The molecule has 1 N–H and O–H groups in total. The Hall–Kier alpha value is -3.76. The van der Waals surface area contributed by atoms with E-state index in [2.05, 4.69) is 5.32 Å². The van der Waals surface area contributed by atoms with E-state index in [0.29, 0.717) is 6.54 Å². The van der Waals surface area contributed by atoms with Crippen molar-refractivity contribution in [1.29, 1.82) is 0 Å². The fraction of sp³-hybridized carbons (Fsp3) is 0.355. The number of aryl methyl sites for hydroxylation is 1. The highest BCUT2D eigenvalue weighted by atomic mass is 32.2.